The normalized spacial score (nSPS) is 14.8. The van der Waals surface area contributed by atoms with Gasteiger partial charge in [0.15, 0.2) is 0 Å². The maximum atomic E-state index is 11.5. The average molecular weight is 371 g/mol. The molecule has 2 aromatic carbocycles. The van der Waals surface area contributed by atoms with Gasteiger partial charge in [-0.05, 0) is 88.5 Å². The van der Waals surface area contributed by atoms with Crippen molar-refractivity contribution >= 4 is 45.8 Å². The standard InChI is InChI=1S/C21H19ClO2S/c1-13-18(10-14-4-7-16(25-3)8-5-14)17-9-6-15(24-2)11-20(17)19(13)12-21(22)23/h4-11H,12H2,1-3H3/b18-10+. The Kier molecular flexibility index (Phi) is 5.36. The van der Waals surface area contributed by atoms with Crippen LogP contribution in [0.1, 0.15) is 30.0 Å². The molecule has 4 heteroatoms. The highest BCUT2D eigenvalue weighted by atomic mass is 35.5. The van der Waals surface area contributed by atoms with Gasteiger partial charge in [0.05, 0.1) is 7.11 Å². The van der Waals surface area contributed by atoms with Gasteiger partial charge in [-0.3, -0.25) is 4.79 Å². The van der Waals surface area contributed by atoms with Crippen LogP contribution in [-0.2, 0) is 4.79 Å². The molecule has 2 aromatic rings. The third-order valence-electron chi connectivity index (χ3n) is 4.44. The molecule has 0 saturated heterocycles. The molecular weight excluding hydrogens is 352 g/mol. The largest absolute Gasteiger partial charge is 0.497 e. The summed E-state index contributed by atoms with van der Waals surface area (Å²) < 4.78 is 5.34. The van der Waals surface area contributed by atoms with E-state index >= 15 is 0 Å². The van der Waals surface area contributed by atoms with Crippen LogP contribution in [0, 0.1) is 0 Å². The summed E-state index contributed by atoms with van der Waals surface area (Å²) in [6.45, 7) is 2.05. The number of methoxy groups -OCH3 is 1. The van der Waals surface area contributed by atoms with Gasteiger partial charge in [0.2, 0.25) is 5.24 Å². The Morgan fingerprint density at radius 3 is 2.48 bits per heavy atom. The quantitative estimate of drug-likeness (QED) is 0.484. The molecule has 0 N–H and O–H groups in total. The van der Waals surface area contributed by atoms with Crippen LogP contribution in [0.5, 0.6) is 5.75 Å². The summed E-state index contributed by atoms with van der Waals surface area (Å²) in [5.41, 5.74) is 6.46. The van der Waals surface area contributed by atoms with Crippen LogP contribution >= 0.6 is 23.4 Å². The molecule has 0 unspecified atom stereocenters. The molecule has 0 bridgehead atoms. The molecule has 1 aliphatic carbocycles. The molecule has 0 saturated carbocycles. The number of benzene rings is 2. The summed E-state index contributed by atoms with van der Waals surface area (Å²) in [7, 11) is 1.64. The zero-order valence-electron chi connectivity index (χ0n) is 14.4. The molecule has 0 aromatic heterocycles. The van der Waals surface area contributed by atoms with Gasteiger partial charge in [-0.15, -0.1) is 11.8 Å². The number of thioether (sulfide) groups is 1. The predicted octanol–water partition coefficient (Wildman–Crippen LogP) is 5.90. The maximum absolute atomic E-state index is 11.5. The van der Waals surface area contributed by atoms with Crippen LogP contribution in [0.3, 0.4) is 0 Å². The highest BCUT2D eigenvalue weighted by molar-refractivity contribution is 7.98. The number of carbonyl (C=O) groups is 1. The Morgan fingerprint density at radius 2 is 1.88 bits per heavy atom. The summed E-state index contributed by atoms with van der Waals surface area (Å²) in [6, 6.07) is 14.4. The third kappa shape index (κ3) is 3.68. The second kappa shape index (κ2) is 7.51. The molecular formula is C21H19ClO2S. The first kappa shape index (κ1) is 17.8. The first-order valence-electron chi connectivity index (χ1n) is 7.96. The van der Waals surface area contributed by atoms with Crippen molar-refractivity contribution in [2.45, 2.75) is 18.2 Å². The monoisotopic (exact) mass is 370 g/mol. The molecule has 2 nitrogen and oxygen atoms in total. The SMILES string of the molecule is COc1ccc2c(c1)C(CC(=O)Cl)=C(C)/C2=C\c1ccc(SC)cc1. The fourth-order valence-corrected chi connectivity index (χ4v) is 3.66. The lowest BCUT2D eigenvalue weighted by Crippen LogP contribution is -1.92. The number of fused-ring (bicyclic) bond motifs is 1. The second-order valence-corrected chi connectivity index (χ2v) is 7.18. The van der Waals surface area contributed by atoms with Gasteiger partial charge in [0, 0.05) is 11.3 Å². The number of ether oxygens (including phenoxy) is 1. The maximum Gasteiger partial charge on any atom is 0.226 e. The van der Waals surface area contributed by atoms with E-state index in [2.05, 4.69) is 36.6 Å². The first-order valence-corrected chi connectivity index (χ1v) is 9.56. The van der Waals surface area contributed by atoms with Crippen LogP contribution in [0.4, 0.5) is 0 Å². The van der Waals surface area contributed by atoms with Crippen molar-refractivity contribution in [3.63, 3.8) is 0 Å². The van der Waals surface area contributed by atoms with Gasteiger partial charge >= 0.3 is 0 Å². The Bertz CT molecular complexity index is 879. The zero-order chi connectivity index (χ0) is 18.0. The fourth-order valence-electron chi connectivity index (χ4n) is 3.12. The van der Waals surface area contributed by atoms with Crippen molar-refractivity contribution < 1.29 is 9.53 Å². The lowest BCUT2D eigenvalue weighted by Gasteiger charge is -2.07. The summed E-state index contributed by atoms with van der Waals surface area (Å²) in [5, 5.41) is -0.353. The van der Waals surface area contributed by atoms with E-state index in [1.54, 1.807) is 18.9 Å². The van der Waals surface area contributed by atoms with Crippen molar-refractivity contribution in [1.82, 2.24) is 0 Å². The minimum absolute atomic E-state index is 0.219. The van der Waals surface area contributed by atoms with Gasteiger partial charge in [-0.25, -0.2) is 0 Å². The van der Waals surface area contributed by atoms with E-state index in [-0.39, 0.29) is 11.7 Å². The lowest BCUT2D eigenvalue weighted by atomic mass is 10.0. The fraction of sp³-hybridized carbons (Fsp3) is 0.190. The van der Waals surface area contributed by atoms with Crippen LogP contribution in [0.25, 0.3) is 17.2 Å². The van der Waals surface area contributed by atoms with Crippen molar-refractivity contribution in [3.05, 3.63) is 64.7 Å². The summed E-state index contributed by atoms with van der Waals surface area (Å²) in [5.74, 6) is 0.775. The Hall–Kier alpha value is -1.97. The second-order valence-electron chi connectivity index (χ2n) is 5.88. The molecule has 25 heavy (non-hydrogen) atoms. The van der Waals surface area contributed by atoms with Crippen molar-refractivity contribution in [2.75, 3.05) is 13.4 Å². The molecule has 0 aliphatic heterocycles. The van der Waals surface area contributed by atoms with Gasteiger partial charge in [0.1, 0.15) is 5.75 Å². The topological polar surface area (TPSA) is 26.3 Å². The van der Waals surface area contributed by atoms with Crippen LogP contribution in [-0.4, -0.2) is 18.6 Å². The van der Waals surface area contributed by atoms with Gasteiger partial charge in [-0.2, -0.15) is 0 Å². The van der Waals surface area contributed by atoms with E-state index in [0.717, 1.165) is 39.2 Å². The number of hydrogen-bond acceptors (Lipinski definition) is 3. The average Bonchev–Trinajstić information content (AvgIpc) is 2.87. The van der Waals surface area contributed by atoms with Crippen LogP contribution < -0.4 is 4.74 Å². The van der Waals surface area contributed by atoms with Gasteiger partial charge in [0.25, 0.3) is 0 Å². The van der Waals surface area contributed by atoms with E-state index in [9.17, 15) is 4.79 Å². The van der Waals surface area contributed by atoms with Crippen molar-refractivity contribution in [2.24, 2.45) is 0 Å². The van der Waals surface area contributed by atoms with E-state index in [1.165, 1.54) is 4.90 Å². The van der Waals surface area contributed by atoms with Crippen molar-refractivity contribution in [3.8, 4) is 5.75 Å². The van der Waals surface area contributed by atoms with Crippen LogP contribution in [0.2, 0.25) is 0 Å². The van der Waals surface area contributed by atoms with E-state index in [4.69, 9.17) is 16.3 Å². The van der Waals surface area contributed by atoms with E-state index in [0.29, 0.717) is 0 Å². The molecule has 0 radical (unpaired) electrons. The summed E-state index contributed by atoms with van der Waals surface area (Å²) >= 11 is 7.40. The van der Waals surface area contributed by atoms with Gasteiger partial charge < -0.3 is 4.74 Å². The van der Waals surface area contributed by atoms with Gasteiger partial charge in [-0.1, -0.05) is 18.2 Å². The number of allylic oxidation sites excluding steroid dienone is 3. The highest BCUT2D eigenvalue weighted by Crippen LogP contribution is 2.45. The number of rotatable bonds is 5. The predicted molar refractivity (Wildman–Crippen MR) is 107 cm³/mol. The molecule has 0 heterocycles. The lowest BCUT2D eigenvalue weighted by molar-refractivity contribution is -0.110. The summed E-state index contributed by atoms with van der Waals surface area (Å²) in [4.78, 5) is 12.8. The minimum Gasteiger partial charge on any atom is -0.497 e. The first-order chi connectivity index (χ1) is 12.0. The Morgan fingerprint density at radius 1 is 1.16 bits per heavy atom. The molecule has 128 valence electrons. The number of carbonyl (C=O) groups excluding carboxylic acids is 1. The van der Waals surface area contributed by atoms with Crippen LogP contribution in [0.15, 0.2) is 52.9 Å². The summed E-state index contributed by atoms with van der Waals surface area (Å²) in [6.07, 6.45) is 4.45. The Labute approximate surface area is 157 Å². The number of halogens is 1. The molecule has 3 rings (SSSR count). The molecule has 1 aliphatic rings. The minimum atomic E-state index is -0.353. The third-order valence-corrected chi connectivity index (χ3v) is 5.32. The molecule has 0 spiro atoms. The molecule has 0 atom stereocenters. The smallest absolute Gasteiger partial charge is 0.226 e. The molecule has 0 fully saturated rings. The number of hydrogen-bond donors (Lipinski definition) is 0. The van der Waals surface area contributed by atoms with E-state index < -0.39 is 0 Å². The molecule has 0 amide bonds. The van der Waals surface area contributed by atoms with Crippen molar-refractivity contribution in [1.29, 1.82) is 0 Å². The Balaban J connectivity index is 2.11. The zero-order valence-corrected chi connectivity index (χ0v) is 16.0. The highest BCUT2D eigenvalue weighted by Gasteiger charge is 2.25. The van der Waals surface area contributed by atoms with E-state index in [1.807, 2.05) is 25.1 Å².